The molecule has 0 spiro atoms. The molecule has 1 aromatic carbocycles. The summed E-state index contributed by atoms with van der Waals surface area (Å²) in [5.74, 6) is 0.974. The molecule has 0 radical (unpaired) electrons. The van der Waals surface area contributed by atoms with E-state index in [2.05, 4.69) is 26.1 Å². The van der Waals surface area contributed by atoms with Gasteiger partial charge >= 0.3 is 0 Å². The molecular weight excluding hydrogens is 350 g/mol. The number of aromatic nitrogens is 2. The van der Waals surface area contributed by atoms with E-state index in [1.807, 2.05) is 24.3 Å². The molecule has 3 aromatic rings. The van der Waals surface area contributed by atoms with E-state index in [1.165, 1.54) is 11.3 Å². The van der Waals surface area contributed by atoms with Crippen LogP contribution in [0.25, 0.3) is 22.2 Å². The fourth-order valence-electron chi connectivity index (χ4n) is 1.54. The van der Waals surface area contributed by atoms with Crippen LogP contribution >= 0.6 is 38.9 Å². The number of halogens is 2. The van der Waals surface area contributed by atoms with Gasteiger partial charge in [-0.15, -0.1) is 11.3 Å². The maximum absolute atomic E-state index is 5.95. The minimum absolute atomic E-state index is 0.461. The van der Waals surface area contributed by atoms with Crippen molar-refractivity contribution in [3.63, 3.8) is 0 Å². The lowest BCUT2D eigenvalue weighted by Gasteiger charge is -1.97. The van der Waals surface area contributed by atoms with Crippen molar-refractivity contribution in [3.8, 4) is 22.2 Å². The molecule has 2 heterocycles. The van der Waals surface area contributed by atoms with E-state index in [4.69, 9.17) is 21.9 Å². The molecule has 2 aromatic heterocycles. The number of nitrogen functional groups attached to an aromatic ring is 1. The molecule has 0 aliphatic heterocycles. The van der Waals surface area contributed by atoms with Gasteiger partial charge in [-0.25, -0.2) is 0 Å². The summed E-state index contributed by atoms with van der Waals surface area (Å²) in [6, 6.07) is 9.13. The van der Waals surface area contributed by atoms with E-state index < -0.39 is 0 Å². The number of nitrogens with zero attached hydrogens (tertiary/aromatic N) is 2. The second-order valence-electron chi connectivity index (χ2n) is 3.75. The van der Waals surface area contributed by atoms with Gasteiger partial charge in [0, 0.05) is 10.0 Å². The molecule has 0 atom stereocenters. The Morgan fingerprint density at radius 2 is 2.11 bits per heavy atom. The van der Waals surface area contributed by atoms with Crippen molar-refractivity contribution >= 4 is 43.9 Å². The third-order valence-corrected chi connectivity index (χ3v) is 4.56. The third kappa shape index (κ3) is 2.51. The van der Waals surface area contributed by atoms with Crippen molar-refractivity contribution < 1.29 is 4.52 Å². The smallest absolute Gasteiger partial charge is 0.268 e. The summed E-state index contributed by atoms with van der Waals surface area (Å²) in [6.07, 6.45) is 0. The lowest BCUT2D eigenvalue weighted by atomic mass is 10.2. The number of hydrogen-bond donors (Lipinski definition) is 1. The summed E-state index contributed by atoms with van der Waals surface area (Å²) in [5.41, 5.74) is 6.51. The first-order valence-electron chi connectivity index (χ1n) is 5.28. The highest BCUT2D eigenvalue weighted by Gasteiger charge is 2.13. The van der Waals surface area contributed by atoms with E-state index in [-0.39, 0.29) is 0 Å². The zero-order valence-corrected chi connectivity index (χ0v) is 12.6. The van der Waals surface area contributed by atoms with Crippen LogP contribution in [0.1, 0.15) is 0 Å². The first-order chi connectivity index (χ1) is 9.13. The molecule has 0 fully saturated rings. The first kappa shape index (κ1) is 12.7. The highest BCUT2D eigenvalue weighted by Crippen LogP contribution is 2.31. The van der Waals surface area contributed by atoms with Gasteiger partial charge in [0.1, 0.15) is 0 Å². The lowest BCUT2D eigenvalue weighted by Crippen LogP contribution is -1.81. The molecule has 19 heavy (non-hydrogen) atoms. The number of thiophene rings is 1. The minimum Gasteiger partial charge on any atom is -0.391 e. The molecule has 96 valence electrons. The molecule has 0 bridgehead atoms. The predicted octanol–water partition coefficient (Wildman–Crippen LogP) is 4.46. The minimum atomic E-state index is 0.461. The Morgan fingerprint density at radius 1 is 1.26 bits per heavy atom. The summed E-state index contributed by atoms with van der Waals surface area (Å²) in [7, 11) is 0. The van der Waals surface area contributed by atoms with Crippen molar-refractivity contribution in [2.45, 2.75) is 0 Å². The molecule has 7 heteroatoms. The summed E-state index contributed by atoms with van der Waals surface area (Å²) in [5, 5.41) is 5.31. The SMILES string of the molecule is Nc1ccc(-c2nc(-c3ccc(Cl)c(Br)c3)no2)s1. The molecule has 0 amide bonds. The van der Waals surface area contributed by atoms with Crippen LogP contribution in [0.15, 0.2) is 39.3 Å². The van der Waals surface area contributed by atoms with Crippen molar-refractivity contribution in [2.24, 2.45) is 0 Å². The van der Waals surface area contributed by atoms with E-state index in [9.17, 15) is 0 Å². The Balaban J connectivity index is 1.98. The van der Waals surface area contributed by atoms with Gasteiger partial charge in [0.25, 0.3) is 5.89 Å². The van der Waals surface area contributed by atoms with Crippen LogP contribution in [0.5, 0.6) is 0 Å². The van der Waals surface area contributed by atoms with Crippen molar-refractivity contribution in [3.05, 3.63) is 39.8 Å². The Bertz CT molecular complexity index is 740. The Labute approximate surface area is 126 Å². The third-order valence-electron chi connectivity index (χ3n) is 2.44. The molecule has 0 aliphatic rings. The fraction of sp³-hybridized carbons (Fsp3) is 0. The molecule has 3 rings (SSSR count). The first-order valence-corrected chi connectivity index (χ1v) is 7.27. The van der Waals surface area contributed by atoms with E-state index >= 15 is 0 Å². The second-order valence-corrected chi connectivity index (χ2v) is 6.13. The topological polar surface area (TPSA) is 64.9 Å². The lowest BCUT2D eigenvalue weighted by molar-refractivity contribution is 0.433. The number of benzene rings is 1. The van der Waals surface area contributed by atoms with Crippen LogP contribution in [-0.4, -0.2) is 10.1 Å². The monoisotopic (exact) mass is 355 g/mol. The maximum Gasteiger partial charge on any atom is 0.268 e. The van der Waals surface area contributed by atoms with Crippen molar-refractivity contribution in [1.82, 2.24) is 10.1 Å². The molecule has 2 N–H and O–H groups in total. The van der Waals surface area contributed by atoms with Gasteiger partial charge in [-0.05, 0) is 46.3 Å². The second kappa shape index (κ2) is 4.96. The van der Waals surface area contributed by atoms with Gasteiger partial charge in [0.15, 0.2) is 0 Å². The molecule has 0 unspecified atom stereocenters. The van der Waals surface area contributed by atoms with Gasteiger partial charge in [0.05, 0.1) is 14.9 Å². The number of nitrogens with two attached hydrogens (primary N) is 1. The molecule has 0 saturated heterocycles. The number of hydrogen-bond acceptors (Lipinski definition) is 5. The van der Waals surface area contributed by atoms with Crippen molar-refractivity contribution in [1.29, 1.82) is 0 Å². The largest absolute Gasteiger partial charge is 0.391 e. The highest BCUT2D eigenvalue weighted by molar-refractivity contribution is 9.10. The van der Waals surface area contributed by atoms with Gasteiger partial charge in [-0.1, -0.05) is 16.8 Å². The van der Waals surface area contributed by atoms with Crippen LogP contribution in [0.4, 0.5) is 5.00 Å². The average Bonchev–Trinajstić information content (AvgIpc) is 3.01. The molecule has 4 nitrogen and oxygen atoms in total. The summed E-state index contributed by atoms with van der Waals surface area (Å²) in [4.78, 5) is 5.20. The van der Waals surface area contributed by atoms with Crippen molar-refractivity contribution in [2.75, 3.05) is 5.73 Å². The van der Waals surface area contributed by atoms with Gasteiger partial charge in [-0.3, -0.25) is 0 Å². The fourth-order valence-corrected chi connectivity index (χ4v) is 2.74. The van der Waals surface area contributed by atoms with Gasteiger partial charge in [0.2, 0.25) is 5.82 Å². The zero-order chi connectivity index (χ0) is 13.4. The van der Waals surface area contributed by atoms with Crippen LogP contribution in [-0.2, 0) is 0 Å². The molecule has 0 aliphatic carbocycles. The Kier molecular flexibility index (Phi) is 3.30. The molecular formula is C12H7BrClN3OS. The Hall–Kier alpha value is -1.37. The Morgan fingerprint density at radius 3 is 2.79 bits per heavy atom. The predicted molar refractivity (Wildman–Crippen MR) is 80.2 cm³/mol. The number of anilines is 1. The quantitative estimate of drug-likeness (QED) is 0.736. The van der Waals surface area contributed by atoms with Crippen LogP contribution in [0, 0.1) is 0 Å². The maximum atomic E-state index is 5.95. The molecule has 0 saturated carbocycles. The number of rotatable bonds is 2. The summed E-state index contributed by atoms with van der Waals surface area (Å²) in [6.45, 7) is 0. The summed E-state index contributed by atoms with van der Waals surface area (Å²) >= 11 is 10.7. The summed E-state index contributed by atoms with van der Waals surface area (Å²) < 4.78 is 6.02. The van der Waals surface area contributed by atoms with Gasteiger partial charge < -0.3 is 10.3 Å². The average molecular weight is 357 g/mol. The van der Waals surface area contributed by atoms with E-state index in [0.29, 0.717) is 21.7 Å². The highest BCUT2D eigenvalue weighted by atomic mass is 79.9. The van der Waals surface area contributed by atoms with Crippen LogP contribution in [0.3, 0.4) is 0 Å². The van der Waals surface area contributed by atoms with E-state index in [1.54, 1.807) is 6.07 Å². The normalized spacial score (nSPS) is 10.8. The van der Waals surface area contributed by atoms with Gasteiger partial charge in [-0.2, -0.15) is 4.98 Å². The van der Waals surface area contributed by atoms with Crippen LogP contribution < -0.4 is 5.73 Å². The van der Waals surface area contributed by atoms with Crippen LogP contribution in [0.2, 0.25) is 5.02 Å². The zero-order valence-electron chi connectivity index (χ0n) is 9.43. The van der Waals surface area contributed by atoms with E-state index in [0.717, 1.165) is 14.9 Å². The standard InChI is InChI=1S/C12H7BrClN3OS/c13-7-5-6(1-2-8(7)14)11-16-12(18-17-11)9-3-4-10(15)19-9/h1-5H,15H2.